The first kappa shape index (κ1) is 15.6. The Morgan fingerprint density at radius 2 is 1.79 bits per heavy atom. The first-order valence-electron chi connectivity index (χ1n) is 6.76. The van der Waals surface area contributed by atoms with Crippen LogP contribution in [0.5, 0.6) is 0 Å². The van der Waals surface area contributed by atoms with Gasteiger partial charge in [-0.05, 0) is 30.3 Å². The third-order valence-electron chi connectivity index (χ3n) is 3.67. The fourth-order valence-corrected chi connectivity index (χ4v) is 2.46. The Labute approximate surface area is 132 Å². The smallest absolute Gasteiger partial charge is 0.335 e. The monoisotopic (exact) mass is 332 g/mol. The SMILES string of the molecule is Cn1c(=O)n(-c2ccc(F)cc2F)c(=O)c2ccc(C(=O)O)cc21. The predicted octanol–water partition coefficient (Wildman–Crippen LogP) is 1.67. The van der Waals surface area contributed by atoms with Gasteiger partial charge in [0.25, 0.3) is 5.56 Å². The first-order chi connectivity index (χ1) is 11.3. The van der Waals surface area contributed by atoms with Crippen molar-refractivity contribution in [2.45, 2.75) is 0 Å². The fraction of sp³-hybridized carbons (Fsp3) is 0.0625. The van der Waals surface area contributed by atoms with E-state index >= 15 is 0 Å². The molecular formula is C16H10F2N2O4. The number of fused-ring (bicyclic) bond motifs is 1. The van der Waals surface area contributed by atoms with Crippen LogP contribution in [0.25, 0.3) is 16.6 Å². The molecule has 2 aromatic carbocycles. The molecule has 6 nitrogen and oxygen atoms in total. The Kier molecular flexibility index (Phi) is 3.52. The molecule has 1 aromatic heterocycles. The Bertz CT molecular complexity index is 1120. The van der Waals surface area contributed by atoms with Crippen molar-refractivity contribution in [1.82, 2.24) is 9.13 Å². The Morgan fingerprint density at radius 3 is 2.42 bits per heavy atom. The zero-order valence-corrected chi connectivity index (χ0v) is 12.3. The molecule has 0 amide bonds. The lowest BCUT2D eigenvalue weighted by atomic mass is 10.1. The number of nitrogens with zero attached hydrogens (tertiary/aromatic N) is 2. The molecule has 0 aliphatic carbocycles. The van der Waals surface area contributed by atoms with Gasteiger partial charge >= 0.3 is 11.7 Å². The second-order valence-electron chi connectivity index (χ2n) is 5.11. The lowest BCUT2D eigenvalue weighted by Crippen LogP contribution is -2.38. The van der Waals surface area contributed by atoms with E-state index in [1.54, 1.807) is 0 Å². The van der Waals surface area contributed by atoms with E-state index in [2.05, 4.69) is 0 Å². The number of carboxylic acid groups (broad SMARTS) is 1. The summed E-state index contributed by atoms with van der Waals surface area (Å²) in [4.78, 5) is 36.0. The zero-order chi connectivity index (χ0) is 17.6. The van der Waals surface area contributed by atoms with Crippen LogP contribution in [-0.4, -0.2) is 20.2 Å². The molecule has 0 aliphatic heterocycles. The minimum absolute atomic E-state index is 0.0332. The molecule has 122 valence electrons. The summed E-state index contributed by atoms with van der Waals surface area (Å²) in [5.41, 5.74) is -2.08. The molecule has 0 unspecified atom stereocenters. The molecule has 3 rings (SSSR count). The molecule has 8 heteroatoms. The quantitative estimate of drug-likeness (QED) is 0.774. The first-order valence-corrected chi connectivity index (χ1v) is 6.76. The highest BCUT2D eigenvalue weighted by Crippen LogP contribution is 2.15. The molecule has 1 heterocycles. The summed E-state index contributed by atoms with van der Waals surface area (Å²) in [7, 11) is 1.33. The number of aromatic nitrogens is 2. The molecule has 0 aliphatic rings. The number of halogens is 2. The van der Waals surface area contributed by atoms with E-state index in [9.17, 15) is 23.2 Å². The third-order valence-corrected chi connectivity index (χ3v) is 3.67. The molecule has 0 radical (unpaired) electrons. The van der Waals surface area contributed by atoms with Crippen molar-refractivity contribution in [3.05, 3.63) is 74.4 Å². The van der Waals surface area contributed by atoms with Gasteiger partial charge in [0, 0.05) is 13.1 Å². The van der Waals surface area contributed by atoms with Crippen LogP contribution in [0.15, 0.2) is 46.0 Å². The predicted molar refractivity (Wildman–Crippen MR) is 81.7 cm³/mol. The molecule has 0 bridgehead atoms. The highest BCUT2D eigenvalue weighted by molar-refractivity contribution is 5.93. The van der Waals surface area contributed by atoms with Gasteiger partial charge in [0.1, 0.15) is 11.6 Å². The van der Waals surface area contributed by atoms with Crippen molar-refractivity contribution in [2.24, 2.45) is 7.05 Å². The van der Waals surface area contributed by atoms with Crippen LogP contribution in [0.4, 0.5) is 8.78 Å². The molecule has 3 aromatic rings. The molecule has 0 fully saturated rings. The van der Waals surface area contributed by atoms with Gasteiger partial charge in [0.15, 0.2) is 0 Å². The number of aryl methyl sites for hydroxylation is 1. The van der Waals surface area contributed by atoms with Gasteiger partial charge in [0.05, 0.1) is 22.2 Å². The number of hydrogen-bond acceptors (Lipinski definition) is 3. The van der Waals surface area contributed by atoms with Crippen molar-refractivity contribution in [3.8, 4) is 5.69 Å². The maximum atomic E-state index is 14.0. The molecule has 0 saturated heterocycles. The number of rotatable bonds is 2. The van der Waals surface area contributed by atoms with E-state index in [1.165, 1.54) is 25.2 Å². The molecule has 0 atom stereocenters. The Balaban J connectivity index is 2.44. The zero-order valence-electron chi connectivity index (χ0n) is 12.3. The molecular weight excluding hydrogens is 322 g/mol. The van der Waals surface area contributed by atoms with Crippen molar-refractivity contribution < 1.29 is 18.7 Å². The van der Waals surface area contributed by atoms with Crippen molar-refractivity contribution >= 4 is 16.9 Å². The highest BCUT2D eigenvalue weighted by atomic mass is 19.1. The summed E-state index contributed by atoms with van der Waals surface area (Å²) in [6.45, 7) is 0. The Morgan fingerprint density at radius 1 is 1.08 bits per heavy atom. The Hall–Kier alpha value is -3.29. The second-order valence-corrected chi connectivity index (χ2v) is 5.11. The lowest BCUT2D eigenvalue weighted by molar-refractivity contribution is 0.0697. The van der Waals surface area contributed by atoms with E-state index in [1.807, 2.05) is 0 Å². The summed E-state index contributed by atoms with van der Waals surface area (Å²) >= 11 is 0. The van der Waals surface area contributed by atoms with Crippen LogP contribution in [0.2, 0.25) is 0 Å². The van der Waals surface area contributed by atoms with E-state index in [-0.39, 0.29) is 22.2 Å². The van der Waals surface area contributed by atoms with Gasteiger partial charge < -0.3 is 5.11 Å². The van der Waals surface area contributed by atoms with Gasteiger partial charge in [-0.3, -0.25) is 9.36 Å². The average molecular weight is 332 g/mol. The van der Waals surface area contributed by atoms with E-state index in [4.69, 9.17) is 5.11 Å². The van der Waals surface area contributed by atoms with Crippen LogP contribution >= 0.6 is 0 Å². The average Bonchev–Trinajstić information content (AvgIpc) is 2.54. The maximum absolute atomic E-state index is 14.0. The van der Waals surface area contributed by atoms with Crippen LogP contribution in [0, 0.1) is 11.6 Å². The summed E-state index contributed by atoms with van der Waals surface area (Å²) in [6, 6.07) is 6.14. The van der Waals surface area contributed by atoms with Crippen molar-refractivity contribution in [2.75, 3.05) is 0 Å². The summed E-state index contributed by atoms with van der Waals surface area (Å²) in [5, 5.41) is 9.05. The van der Waals surface area contributed by atoms with E-state index < -0.39 is 28.9 Å². The number of benzene rings is 2. The second kappa shape index (κ2) is 5.41. The summed E-state index contributed by atoms with van der Waals surface area (Å²) in [6.07, 6.45) is 0. The number of hydrogen-bond donors (Lipinski definition) is 1. The largest absolute Gasteiger partial charge is 0.478 e. The minimum Gasteiger partial charge on any atom is -0.478 e. The van der Waals surface area contributed by atoms with Gasteiger partial charge in [-0.1, -0.05) is 0 Å². The maximum Gasteiger partial charge on any atom is 0.335 e. The summed E-state index contributed by atoms with van der Waals surface area (Å²) in [5.74, 6) is -3.11. The molecule has 1 N–H and O–H groups in total. The molecule has 24 heavy (non-hydrogen) atoms. The highest BCUT2D eigenvalue weighted by Gasteiger charge is 2.17. The lowest BCUT2D eigenvalue weighted by Gasteiger charge is -2.12. The minimum atomic E-state index is -1.21. The number of carbonyl (C=O) groups is 1. The van der Waals surface area contributed by atoms with Gasteiger partial charge in [-0.15, -0.1) is 0 Å². The van der Waals surface area contributed by atoms with Crippen LogP contribution in [0.1, 0.15) is 10.4 Å². The van der Waals surface area contributed by atoms with Crippen molar-refractivity contribution in [1.29, 1.82) is 0 Å². The standard InChI is InChI=1S/C16H10F2N2O4/c1-19-13-6-8(15(22)23)2-4-10(13)14(21)20(16(19)24)12-5-3-9(17)7-11(12)18/h2-7H,1H3,(H,22,23). The van der Waals surface area contributed by atoms with E-state index in [0.717, 1.165) is 16.7 Å². The van der Waals surface area contributed by atoms with Crippen molar-refractivity contribution in [3.63, 3.8) is 0 Å². The normalized spacial score (nSPS) is 11.0. The van der Waals surface area contributed by atoms with Crippen LogP contribution in [0.3, 0.4) is 0 Å². The third kappa shape index (κ3) is 2.28. The molecule has 0 spiro atoms. The fourth-order valence-electron chi connectivity index (χ4n) is 2.46. The van der Waals surface area contributed by atoms with Crippen LogP contribution < -0.4 is 11.2 Å². The number of carboxylic acids is 1. The van der Waals surface area contributed by atoms with Crippen LogP contribution in [-0.2, 0) is 7.05 Å². The van der Waals surface area contributed by atoms with Gasteiger partial charge in [-0.25, -0.2) is 22.9 Å². The van der Waals surface area contributed by atoms with E-state index in [0.29, 0.717) is 10.6 Å². The van der Waals surface area contributed by atoms with Gasteiger partial charge in [0.2, 0.25) is 0 Å². The molecule has 0 saturated carbocycles. The number of aromatic carboxylic acids is 1. The van der Waals surface area contributed by atoms with Gasteiger partial charge in [-0.2, -0.15) is 0 Å². The summed E-state index contributed by atoms with van der Waals surface area (Å²) < 4.78 is 28.6. The topological polar surface area (TPSA) is 81.3 Å².